The van der Waals surface area contributed by atoms with Gasteiger partial charge in [0.2, 0.25) is 0 Å². The predicted octanol–water partition coefficient (Wildman–Crippen LogP) is 5.94. The maximum Gasteiger partial charge on any atom is 0.343 e. The van der Waals surface area contributed by atoms with Crippen molar-refractivity contribution in [3.8, 4) is 17.6 Å². The zero-order chi connectivity index (χ0) is 20.8. The van der Waals surface area contributed by atoms with E-state index >= 15 is 0 Å². The van der Waals surface area contributed by atoms with E-state index < -0.39 is 5.97 Å². The summed E-state index contributed by atoms with van der Waals surface area (Å²) in [6.45, 7) is 1.85. The number of methoxy groups -OCH3 is 1. The number of esters is 1. The van der Waals surface area contributed by atoms with Crippen LogP contribution >= 0.6 is 11.6 Å². The van der Waals surface area contributed by atoms with Crippen molar-refractivity contribution in [2.45, 2.75) is 6.92 Å². The van der Waals surface area contributed by atoms with Crippen molar-refractivity contribution in [1.82, 2.24) is 0 Å². The van der Waals surface area contributed by atoms with E-state index in [1.54, 1.807) is 60.7 Å². The molecule has 5 heteroatoms. The second-order valence-electron chi connectivity index (χ2n) is 6.29. The van der Waals surface area contributed by atoms with Crippen molar-refractivity contribution in [2.75, 3.05) is 7.11 Å². The highest BCUT2D eigenvalue weighted by Crippen LogP contribution is 2.31. The van der Waals surface area contributed by atoms with E-state index in [9.17, 15) is 10.1 Å². The number of carbonyl (C=O) groups excluding carboxylic acids is 1. The monoisotopic (exact) mass is 403 g/mol. The third-order valence-electron chi connectivity index (χ3n) is 4.34. The molecule has 0 amide bonds. The van der Waals surface area contributed by atoms with Gasteiger partial charge in [0.25, 0.3) is 0 Å². The summed E-state index contributed by atoms with van der Waals surface area (Å²) in [5.74, 6) is 0.251. The molecule has 0 aromatic heterocycles. The SMILES string of the molecule is COc1cc(C=C(C#N)c2ccc(Cl)cc2)ccc1OC(=O)c1ccccc1C. The zero-order valence-corrected chi connectivity index (χ0v) is 16.7. The summed E-state index contributed by atoms with van der Waals surface area (Å²) in [7, 11) is 1.50. The molecular formula is C24H18ClNO3. The Labute approximate surface area is 174 Å². The van der Waals surface area contributed by atoms with Gasteiger partial charge in [0.05, 0.1) is 24.3 Å². The highest BCUT2D eigenvalue weighted by molar-refractivity contribution is 6.30. The van der Waals surface area contributed by atoms with Crippen molar-refractivity contribution in [3.63, 3.8) is 0 Å². The summed E-state index contributed by atoms with van der Waals surface area (Å²) in [6, 6.07) is 21.6. The number of benzene rings is 3. The van der Waals surface area contributed by atoms with Crippen LogP contribution in [-0.4, -0.2) is 13.1 Å². The molecule has 0 radical (unpaired) electrons. The maximum absolute atomic E-state index is 12.5. The van der Waals surface area contributed by atoms with Crippen molar-refractivity contribution in [2.24, 2.45) is 0 Å². The molecule has 0 atom stereocenters. The van der Waals surface area contributed by atoms with Crippen LogP contribution in [0.15, 0.2) is 66.7 Å². The van der Waals surface area contributed by atoms with Gasteiger partial charge in [-0.2, -0.15) is 5.26 Å². The highest BCUT2D eigenvalue weighted by Gasteiger charge is 2.14. The van der Waals surface area contributed by atoms with Gasteiger partial charge in [-0.1, -0.05) is 48.0 Å². The van der Waals surface area contributed by atoms with E-state index in [0.717, 1.165) is 16.7 Å². The zero-order valence-electron chi connectivity index (χ0n) is 16.0. The molecule has 0 N–H and O–H groups in total. The van der Waals surface area contributed by atoms with E-state index in [0.29, 0.717) is 27.7 Å². The van der Waals surface area contributed by atoms with Crippen LogP contribution in [0.3, 0.4) is 0 Å². The molecule has 0 aliphatic heterocycles. The van der Waals surface area contributed by atoms with Crippen molar-refractivity contribution < 1.29 is 14.3 Å². The Balaban J connectivity index is 1.88. The van der Waals surface area contributed by atoms with Crippen molar-refractivity contribution >= 4 is 29.2 Å². The summed E-state index contributed by atoms with van der Waals surface area (Å²) in [5, 5.41) is 10.1. The van der Waals surface area contributed by atoms with Crippen LogP contribution in [-0.2, 0) is 0 Å². The largest absolute Gasteiger partial charge is 0.493 e. The lowest BCUT2D eigenvalue weighted by atomic mass is 10.0. The number of aryl methyl sites for hydroxylation is 1. The smallest absolute Gasteiger partial charge is 0.343 e. The lowest BCUT2D eigenvalue weighted by molar-refractivity contribution is 0.0729. The molecular weight excluding hydrogens is 386 g/mol. The first-order valence-electron chi connectivity index (χ1n) is 8.85. The third kappa shape index (κ3) is 4.84. The number of halogens is 1. The van der Waals surface area contributed by atoms with E-state index in [1.165, 1.54) is 7.11 Å². The molecule has 0 heterocycles. The second-order valence-corrected chi connectivity index (χ2v) is 6.73. The molecule has 3 aromatic carbocycles. The lowest BCUT2D eigenvalue weighted by Crippen LogP contribution is -2.10. The molecule has 0 fully saturated rings. The fraction of sp³-hybridized carbons (Fsp3) is 0.0833. The number of nitrogens with zero attached hydrogens (tertiary/aromatic N) is 1. The Morgan fingerprint density at radius 3 is 2.41 bits per heavy atom. The van der Waals surface area contributed by atoms with Gasteiger partial charge in [-0.15, -0.1) is 0 Å². The molecule has 4 nitrogen and oxygen atoms in total. The third-order valence-corrected chi connectivity index (χ3v) is 4.59. The highest BCUT2D eigenvalue weighted by atomic mass is 35.5. The van der Waals surface area contributed by atoms with Crippen LogP contribution in [0.25, 0.3) is 11.6 Å². The van der Waals surface area contributed by atoms with Crippen LogP contribution in [0.2, 0.25) is 5.02 Å². The first kappa shape index (κ1) is 20.2. The van der Waals surface area contributed by atoms with E-state index in [2.05, 4.69) is 6.07 Å². The number of hydrogen-bond donors (Lipinski definition) is 0. The molecule has 0 aliphatic rings. The van der Waals surface area contributed by atoms with Crippen LogP contribution in [0, 0.1) is 18.3 Å². The average Bonchev–Trinajstić information content (AvgIpc) is 2.73. The summed E-state index contributed by atoms with van der Waals surface area (Å²) in [5.41, 5.74) is 3.30. The van der Waals surface area contributed by atoms with Gasteiger partial charge in [0, 0.05) is 5.02 Å². The van der Waals surface area contributed by atoms with E-state index in [1.807, 2.05) is 19.1 Å². The fourth-order valence-corrected chi connectivity index (χ4v) is 2.92. The number of nitriles is 1. The number of ether oxygens (including phenoxy) is 2. The number of allylic oxidation sites excluding steroid dienone is 1. The van der Waals surface area contributed by atoms with Gasteiger partial charge in [-0.05, 0) is 60.0 Å². The molecule has 3 rings (SSSR count). The van der Waals surface area contributed by atoms with Gasteiger partial charge in [0.15, 0.2) is 11.5 Å². The van der Waals surface area contributed by atoms with Gasteiger partial charge in [-0.25, -0.2) is 4.79 Å². The molecule has 0 saturated heterocycles. The van der Waals surface area contributed by atoms with Crippen LogP contribution in [0.4, 0.5) is 0 Å². The molecule has 144 valence electrons. The molecule has 0 spiro atoms. The average molecular weight is 404 g/mol. The van der Waals surface area contributed by atoms with Gasteiger partial charge < -0.3 is 9.47 Å². The van der Waals surface area contributed by atoms with Crippen molar-refractivity contribution in [1.29, 1.82) is 5.26 Å². The minimum Gasteiger partial charge on any atom is -0.493 e. The van der Waals surface area contributed by atoms with Gasteiger partial charge >= 0.3 is 5.97 Å². The van der Waals surface area contributed by atoms with Gasteiger partial charge in [0.1, 0.15) is 0 Å². The first-order chi connectivity index (χ1) is 14.0. The first-order valence-corrected chi connectivity index (χ1v) is 9.23. The van der Waals surface area contributed by atoms with Gasteiger partial charge in [-0.3, -0.25) is 0 Å². The summed E-state index contributed by atoms with van der Waals surface area (Å²) >= 11 is 5.91. The molecule has 29 heavy (non-hydrogen) atoms. The van der Waals surface area contributed by atoms with E-state index in [4.69, 9.17) is 21.1 Å². The Bertz CT molecular complexity index is 1110. The molecule has 3 aromatic rings. The quantitative estimate of drug-likeness (QED) is 0.229. The maximum atomic E-state index is 12.5. The Hall–Kier alpha value is -3.55. The summed E-state index contributed by atoms with van der Waals surface area (Å²) in [6.07, 6.45) is 1.73. The number of rotatable bonds is 5. The molecule has 0 saturated carbocycles. The Morgan fingerprint density at radius 2 is 1.76 bits per heavy atom. The minimum atomic E-state index is -0.455. The fourth-order valence-electron chi connectivity index (χ4n) is 2.79. The van der Waals surface area contributed by atoms with Crippen LogP contribution < -0.4 is 9.47 Å². The van der Waals surface area contributed by atoms with E-state index in [-0.39, 0.29) is 0 Å². The van der Waals surface area contributed by atoms with Crippen LogP contribution in [0.5, 0.6) is 11.5 Å². The Morgan fingerprint density at radius 1 is 1.03 bits per heavy atom. The number of hydrogen-bond acceptors (Lipinski definition) is 4. The molecule has 0 aliphatic carbocycles. The number of carbonyl (C=O) groups is 1. The lowest BCUT2D eigenvalue weighted by Gasteiger charge is -2.11. The molecule has 0 unspecified atom stereocenters. The summed E-state index contributed by atoms with van der Waals surface area (Å²) < 4.78 is 10.9. The van der Waals surface area contributed by atoms with Crippen LogP contribution in [0.1, 0.15) is 27.0 Å². The molecule has 0 bridgehead atoms. The minimum absolute atomic E-state index is 0.308. The predicted molar refractivity (Wildman–Crippen MR) is 114 cm³/mol. The topological polar surface area (TPSA) is 59.3 Å². The standard InChI is InChI=1S/C24H18ClNO3/c1-16-5-3-4-6-21(16)24(27)29-22-12-7-17(14-23(22)28-2)13-19(15-26)18-8-10-20(25)11-9-18/h3-14H,1-2H3. The summed E-state index contributed by atoms with van der Waals surface area (Å²) in [4.78, 5) is 12.5. The Kier molecular flexibility index (Phi) is 6.33. The normalized spacial score (nSPS) is 10.9. The second kappa shape index (κ2) is 9.09. The van der Waals surface area contributed by atoms with Crippen molar-refractivity contribution in [3.05, 3.63) is 94.0 Å².